The molecular weight excluding hydrogens is 374 g/mol. The summed E-state index contributed by atoms with van der Waals surface area (Å²) in [4.78, 5) is 17.0. The second-order valence-corrected chi connectivity index (χ2v) is 8.12. The molecule has 2 aliphatic heterocycles. The number of carbonyl (C=O) groups is 1. The summed E-state index contributed by atoms with van der Waals surface area (Å²) in [6.45, 7) is 1.93. The zero-order valence-electron chi connectivity index (χ0n) is 14.4. The Kier molecular flexibility index (Phi) is 4.98. The average molecular weight is 395 g/mol. The van der Waals surface area contributed by atoms with Crippen LogP contribution in [0.3, 0.4) is 0 Å². The van der Waals surface area contributed by atoms with Gasteiger partial charge >= 0.3 is 0 Å². The SMILES string of the molecule is O=C(C1=CN(C2CC2)CC(Cl)=C1Cl)N1CCC(c2ccc(F)cc2)CC1. The van der Waals surface area contributed by atoms with Crippen LogP contribution < -0.4 is 0 Å². The molecule has 6 heteroatoms. The summed E-state index contributed by atoms with van der Waals surface area (Å²) in [5.41, 5.74) is 1.64. The first-order valence-corrected chi connectivity index (χ1v) is 9.85. The average Bonchev–Trinajstić information content (AvgIpc) is 3.49. The molecule has 26 heavy (non-hydrogen) atoms. The van der Waals surface area contributed by atoms with E-state index in [-0.39, 0.29) is 11.7 Å². The van der Waals surface area contributed by atoms with Gasteiger partial charge in [0.25, 0.3) is 5.91 Å². The second kappa shape index (κ2) is 7.24. The van der Waals surface area contributed by atoms with Gasteiger partial charge in [0, 0.05) is 25.3 Å². The Morgan fingerprint density at radius 2 is 1.69 bits per heavy atom. The van der Waals surface area contributed by atoms with Crippen LogP contribution in [0.5, 0.6) is 0 Å². The van der Waals surface area contributed by atoms with Gasteiger partial charge in [-0.1, -0.05) is 35.3 Å². The molecule has 0 unspecified atom stereocenters. The number of rotatable bonds is 3. The number of hydrogen-bond acceptors (Lipinski definition) is 2. The van der Waals surface area contributed by atoms with Crippen LogP contribution in [-0.2, 0) is 4.79 Å². The lowest BCUT2D eigenvalue weighted by molar-refractivity contribution is -0.128. The fourth-order valence-corrected chi connectivity index (χ4v) is 4.18. The van der Waals surface area contributed by atoms with Crippen LogP contribution >= 0.6 is 23.2 Å². The summed E-state index contributed by atoms with van der Waals surface area (Å²) < 4.78 is 13.1. The molecular formula is C20H21Cl2FN2O. The van der Waals surface area contributed by atoms with Crippen LogP contribution in [-0.4, -0.2) is 41.4 Å². The lowest BCUT2D eigenvalue weighted by Gasteiger charge is -2.34. The van der Waals surface area contributed by atoms with E-state index in [4.69, 9.17) is 23.2 Å². The van der Waals surface area contributed by atoms with Crippen LogP contribution in [0.25, 0.3) is 0 Å². The molecule has 0 radical (unpaired) electrons. The van der Waals surface area contributed by atoms with Gasteiger partial charge in [-0.25, -0.2) is 4.39 Å². The van der Waals surface area contributed by atoms with Gasteiger partial charge in [0.1, 0.15) is 5.82 Å². The summed E-state index contributed by atoms with van der Waals surface area (Å²) in [5, 5.41) is 0.930. The molecule has 1 saturated heterocycles. The van der Waals surface area contributed by atoms with Crippen molar-refractivity contribution in [1.29, 1.82) is 0 Å². The third-order valence-corrected chi connectivity index (χ3v) is 6.30. The molecule has 2 fully saturated rings. The van der Waals surface area contributed by atoms with Gasteiger partial charge in [0.05, 0.1) is 22.2 Å². The topological polar surface area (TPSA) is 23.6 Å². The van der Waals surface area contributed by atoms with Crippen molar-refractivity contribution < 1.29 is 9.18 Å². The van der Waals surface area contributed by atoms with Crippen molar-refractivity contribution in [2.75, 3.05) is 19.6 Å². The van der Waals surface area contributed by atoms with Gasteiger partial charge in [-0.2, -0.15) is 0 Å². The van der Waals surface area contributed by atoms with Crippen molar-refractivity contribution in [3.63, 3.8) is 0 Å². The molecule has 3 aliphatic rings. The van der Waals surface area contributed by atoms with Gasteiger partial charge in [-0.15, -0.1) is 0 Å². The van der Waals surface area contributed by atoms with Crippen LogP contribution in [0.15, 0.2) is 46.1 Å². The molecule has 0 aromatic heterocycles. The lowest BCUT2D eigenvalue weighted by Crippen LogP contribution is -2.40. The Balaban J connectivity index is 1.43. The van der Waals surface area contributed by atoms with Gasteiger partial charge in [-0.3, -0.25) is 4.79 Å². The fraction of sp³-hybridized carbons (Fsp3) is 0.450. The normalized spacial score (nSPS) is 21.9. The Hall–Kier alpha value is -1.52. The van der Waals surface area contributed by atoms with E-state index in [1.165, 1.54) is 12.1 Å². The molecule has 1 aliphatic carbocycles. The molecule has 3 nitrogen and oxygen atoms in total. The summed E-state index contributed by atoms with van der Waals surface area (Å²) >= 11 is 12.6. The smallest absolute Gasteiger partial charge is 0.256 e. The van der Waals surface area contributed by atoms with Crippen LogP contribution in [0.2, 0.25) is 0 Å². The van der Waals surface area contributed by atoms with E-state index < -0.39 is 0 Å². The van der Waals surface area contributed by atoms with E-state index in [2.05, 4.69) is 4.90 Å². The van der Waals surface area contributed by atoms with Crippen molar-refractivity contribution in [2.24, 2.45) is 0 Å². The largest absolute Gasteiger partial charge is 0.368 e. The predicted molar refractivity (Wildman–Crippen MR) is 101 cm³/mol. The van der Waals surface area contributed by atoms with Gasteiger partial charge in [0.2, 0.25) is 0 Å². The van der Waals surface area contributed by atoms with Crippen LogP contribution in [0.4, 0.5) is 4.39 Å². The van der Waals surface area contributed by atoms with E-state index in [1.54, 1.807) is 0 Å². The van der Waals surface area contributed by atoms with Crippen LogP contribution in [0, 0.1) is 5.82 Å². The van der Waals surface area contributed by atoms with E-state index in [0.717, 1.165) is 31.2 Å². The van der Waals surface area contributed by atoms with Gasteiger partial charge in [0.15, 0.2) is 0 Å². The molecule has 1 amide bonds. The fourth-order valence-electron chi connectivity index (χ4n) is 3.75. The highest BCUT2D eigenvalue weighted by atomic mass is 35.5. The molecule has 138 valence electrons. The lowest BCUT2D eigenvalue weighted by atomic mass is 9.89. The van der Waals surface area contributed by atoms with E-state index in [9.17, 15) is 9.18 Å². The van der Waals surface area contributed by atoms with Gasteiger partial charge < -0.3 is 9.80 Å². The molecule has 0 spiro atoms. The Labute approximate surface area is 163 Å². The number of benzene rings is 1. The molecule has 1 saturated carbocycles. The van der Waals surface area contributed by atoms with Crippen molar-refractivity contribution in [3.8, 4) is 0 Å². The second-order valence-electron chi connectivity index (χ2n) is 7.28. The van der Waals surface area contributed by atoms with E-state index in [1.807, 2.05) is 23.2 Å². The summed E-state index contributed by atoms with van der Waals surface area (Å²) in [6, 6.07) is 7.17. The summed E-state index contributed by atoms with van der Waals surface area (Å²) in [6.07, 6.45) is 5.91. The monoisotopic (exact) mass is 394 g/mol. The molecule has 0 N–H and O–H groups in total. The third kappa shape index (κ3) is 3.63. The zero-order valence-corrected chi connectivity index (χ0v) is 15.9. The maximum absolute atomic E-state index is 13.1. The van der Waals surface area contributed by atoms with Crippen molar-refractivity contribution >= 4 is 29.1 Å². The molecule has 4 rings (SSSR count). The Morgan fingerprint density at radius 1 is 1.04 bits per heavy atom. The van der Waals surface area contributed by atoms with E-state index in [0.29, 0.717) is 47.2 Å². The highest BCUT2D eigenvalue weighted by Crippen LogP contribution is 2.36. The first-order chi connectivity index (χ1) is 12.5. The number of hydrogen-bond donors (Lipinski definition) is 0. The van der Waals surface area contributed by atoms with Gasteiger partial charge in [-0.05, 0) is 49.3 Å². The van der Waals surface area contributed by atoms with E-state index >= 15 is 0 Å². The summed E-state index contributed by atoms with van der Waals surface area (Å²) in [7, 11) is 0. The molecule has 0 bridgehead atoms. The first-order valence-electron chi connectivity index (χ1n) is 9.10. The zero-order chi connectivity index (χ0) is 18.3. The minimum atomic E-state index is -0.218. The number of nitrogens with zero attached hydrogens (tertiary/aromatic N) is 2. The van der Waals surface area contributed by atoms with Crippen molar-refractivity contribution in [3.05, 3.63) is 57.5 Å². The summed E-state index contributed by atoms with van der Waals surface area (Å²) in [5.74, 6) is 0.0951. The maximum Gasteiger partial charge on any atom is 0.256 e. The maximum atomic E-state index is 13.1. The molecule has 1 aromatic rings. The Morgan fingerprint density at radius 3 is 2.31 bits per heavy atom. The number of amides is 1. The first kappa shape index (κ1) is 17.9. The minimum absolute atomic E-state index is 0.0453. The minimum Gasteiger partial charge on any atom is -0.368 e. The highest BCUT2D eigenvalue weighted by molar-refractivity contribution is 6.43. The number of piperidine rings is 1. The molecule has 1 aromatic carbocycles. The van der Waals surface area contributed by atoms with Crippen molar-refractivity contribution in [1.82, 2.24) is 9.80 Å². The van der Waals surface area contributed by atoms with Crippen molar-refractivity contribution in [2.45, 2.75) is 37.6 Å². The third-order valence-electron chi connectivity index (χ3n) is 5.46. The standard InChI is InChI=1S/C20H21Cl2FN2O/c21-18-12-25(16-5-6-16)11-17(19(18)22)20(26)24-9-7-14(8-10-24)13-1-3-15(23)4-2-13/h1-4,11,14,16H,5-10,12H2. The van der Waals surface area contributed by atoms with Crippen LogP contribution in [0.1, 0.15) is 37.2 Å². The quantitative estimate of drug-likeness (QED) is 0.748. The number of likely N-dealkylation sites (tertiary alicyclic amines) is 1. The number of carbonyl (C=O) groups excluding carboxylic acids is 1. The number of halogens is 3. The Bertz CT molecular complexity index is 763. The predicted octanol–water partition coefficient (Wildman–Crippen LogP) is 4.58. The molecule has 2 heterocycles. The highest BCUT2D eigenvalue weighted by Gasteiger charge is 2.34. The molecule has 0 atom stereocenters.